The fraction of sp³-hybridized carbons (Fsp3) is 0.292. The molecule has 0 aliphatic heterocycles. The maximum absolute atomic E-state index is 12.6. The first-order valence-electron chi connectivity index (χ1n) is 10.0. The van der Waals surface area contributed by atoms with E-state index in [1.807, 2.05) is 37.3 Å². The number of carbonyl (C=O) groups is 2. The third-order valence-electron chi connectivity index (χ3n) is 5.23. The molecule has 3 rings (SSSR count). The standard InChI is InChI=1S/C24H25NO6/c1-5-19(25-24(28)29-13-17-9-7-6-8-10-17)23(27)30-20-12-11-18-14(2)15(3)22(26)31-21(18)16(20)4/h6-12,19H,5,13H2,1-4H3,(H,25,28). The Labute approximate surface area is 180 Å². The molecule has 1 atom stereocenters. The van der Waals surface area contributed by atoms with E-state index in [-0.39, 0.29) is 12.4 Å². The van der Waals surface area contributed by atoms with Crippen LogP contribution in [0.2, 0.25) is 0 Å². The van der Waals surface area contributed by atoms with Gasteiger partial charge >= 0.3 is 17.7 Å². The number of aryl methyl sites for hydroxylation is 2. The highest BCUT2D eigenvalue weighted by Gasteiger charge is 2.23. The summed E-state index contributed by atoms with van der Waals surface area (Å²) in [6.45, 7) is 7.11. The van der Waals surface area contributed by atoms with E-state index >= 15 is 0 Å². The number of nitrogens with one attached hydrogen (secondary N) is 1. The van der Waals surface area contributed by atoms with Crippen molar-refractivity contribution in [3.05, 3.63) is 75.1 Å². The van der Waals surface area contributed by atoms with Crippen molar-refractivity contribution in [2.24, 2.45) is 0 Å². The second-order valence-electron chi connectivity index (χ2n) is 7.29. The first kappa shape index (κ1) is 22.1. The maximum atomic E-state index is 12.6. The summed E-state index contributed by atoms with van der Waals surface area (Å²) in [5.74, 6) is -0.366. The molecule has 0 aliphatic carbocycles. The molecule has 0 bridgehead atoms. The molecule has 7 nitrogen and oxygen atoms in total. The van der Waals surface area contributed by atoms with Gasteiger partial charge in [0.1, 0.15) is 24.0 Å². The number of esters is 1. The van der Waals surface area contributed by atoms with Crippen LogP contribution in [0.25, 0.3) is 11.0 Å². The second-order valence-corrected chi connectivity index (χ2v) is 7.29. The van der Waals surface area contributed by atoms with Crippen molar-refractivity contribution in [1.82, 2.24) is 5.32 Å². The molecule has 0 spiro atoms. The molecule has 1 unspecified atom stereocenters. The molecule has 3 aromatic rings. The molecule has 0 saturated heterocycles. The van der Waals surface area contributed by atoms with Crippen molar-refractivity contribution in [1.29, 1.82) is 0 Å². The number of alkyl carbamates (subject to hydrolysis) is 1. The van der Waals surface area contributed by atoms with Crippen LogP contribution in [0.15, 0.2) is 51.7 Å². The molecule has 0 radical (unpaired) electrons. The summed E-state index contributed by atoms with van der Waals surface area (Å²) >= 11 is 0. The molecular formula is C24H25NO6. The van der Waals surface area contributed by atoms with Gasteiger partial charge in [0.25, 0.3) is 0 Å². The SMILES string of the molecule is CCC(NC(=O)OCc1ccccc1)C(=O)Oc1ccc2c(C)c(C)c(=O)oc2c1C. The smallest absolute Gasteiger partial charge is 0.408 e. The number of hydrogen-bond acceptors (Lipinski definition) is 6. The monoisotopic (exact) mass is 423 g/mol. The van der Waals surface area contributed by atoms with Crippen molar-refractivity contribution < 1.29 is 23.5 Å². The van der Waals surface area contributed by atoms with E-state index in [2.05, 4.69) is 5.32 Å². The molecule has 1 N–H and O–H groups in total. The van der Waals surface area contributed by atoms with Crippen LogP contribution in [0, 0.1) is 20.8 Å². The van der Waals surface area contributed by atoms with Crippen molar-refractivity contribution in [3.63, 3.8) is 0 Å². The van der Waals surface area contributed by atoms with Gasteiger partial charge in [0.15, 0.2) is 0 Å². The fourth-order valence-corrected chi connectivity index (χ4v) is 3.15. The van der Waals surface area contributed by atoms with Gasteiger partial charge in [0.2, 0.25) is 0 Å². The Morgan fingerprint density at radius 1 is 1.00 bits per heavy atom. The first-order chi connectivity index (χ1) is 14.8. The van der Waals surface area contributed by atoms with E-state index in [9.17, 15) is 14.4 Å². The van der Waals surface area contributed by atoms with Gasteiger partial charge < -0.3 is 19.2 Å². The minimum Gasteiger partial charge on any atom is -0.445 e. The van der Waals surface area contributed by atoms with E-state index in [4.69, 9.17) is 13.9 Å². The number of amides is 1. The molecule has 0 fully saturated rings. The Morgan fingerprint density at radius 3 is 2.39 bits per heavy atom. The van der Waals surface area contributed by atoms with Crippen LogP contribution < -0.4 is 15.7 Å². The van der Waals surface area contributed by atoms with Gasteiger partial charge in [0, 0.05) is 16.5 Å². The van der Waals surface area contributed by atoms with Gasteiger partial charge in [-0.25, -0.2) is 14.4 Å². The molecule has 1 heterocycles. The summed E-state index contributed by atoms with van der Waals surface area (Å²) in [6, 6.07) is 11.8. The molecule has 0 aliphatic rings. The largest absolute Gasteiger partial charge is 0.445 e. The van der Waals surface area contributed by atoms with Gasteiger partial charge in [-0.2, -0.15) is 0 Å². The van der Waals surface area contributed by atoms with Crippen molar-refractivity contribution in [3.8, 4) is 5.75 Å². The number of hydrogen-bond donors (Lipinski definition) is 1. The average Bonchev–Trinajstić information content (AvgIpc) is 2.77. The molecule has 162 valence electrons. The van der Waals surface area contributed by atoms with Gasteiger partial charge in [0.05, 0.1) is 0 Å². The van der Waals surface area contributed by atoms with E-state index in [0.29, 0.717) is 23.1 Å². The minimum absolute atomic E-state index is 0.0970. The van der Waals surface area contributed by atoms with Crippen LogP contribution in [0.4, 0.5) is 4.79 Å². The van der Waals surface area contributed by atoms with Crippen molar-refractivity contribution in [2.75, 3.05) is 0 Å². The lowest BCUT2D eigenvalue weighted by molar-refractivity contribution is -0.136. The zero-order valence-electron chi connectivity index (χ0n) is 18.0. The summed E-state index contributed by atoms with van der Waals surface area (Å²) < 4.78 is 16.1. The molecule has 1 amide bonds. The van der Waals surface area contributed by atoms with Gasteiger partial charge in [-0.05, 0) is 50.5 Å². The van der Waals surface area contributed by atoms with Crippen LogP contribution in [0.3, 0.4) is 0 Å². The number of carbonyl (C=O) groups excluding carboxylic acids is 2. The normalized spacial score (nSPS) is 11.7. The predicted molar refractivity (Wildman–Crippen MR) is 116 cm³/mol. The lowest BCUT2D eigenvalue weighted by Crippen LogP contribution is -2.42. The van der Waals surface area contributed by atoms with Crippen LogP contribution in [-0.4, -0.2) is 18.1 Å². The minimum atomic E-state index is -0.884. The van der Waals surface area contributed by atoms with Crippen LogP contribution >= 0.6 is 0 Å². The summed E-state index contributed by atoms with van der Waals surface area (Å²) in [4.78, 5) is 36.8. The number of benzene rings is 2. The van der Waals surface area contributed by atoms with Gasteiger partial charge in [-0.1, -0.05) is 37.3 Å². The zero-order valence-corrected chi connectivity index (χ0v) is 18.0. The number of fused-ring (bicyclic) bond motifs is 1. The highest BCUT2D eigenvalue weighted by atomic mass is 16.6. The van der Waals surface area contributed by atoms with E-state index in [1.165, 1.54) is 0 Å². The van der Waals surface area contributed by atoms with Crippen LogP contribution in [0.1, 0.15) is 35.6 Å². The Morgan fingerprint density at radius 2 is 1.71 bits per heavy atom. The third kappa shape index (κ3) is 4.94. The molecular weight excluding hydrogens is 398 g/mol. The summed E-state index contributed by atoms with van der Waals surface area (Å²) in [7, 11) is 0. The summed E-state index contributed by atoms with van der Waals surface area (Å²) in [5.41, 5.74) is 2.69. The van der Waals surface area contributed by atoms with E-state index < -0.39 is 23.7 Å². The van der Waals surface area contributed by atoms with Gasteiger partial charge in [-0.3, -0.25) is 0 Å². The predicted octanol–water partition coefficient (Wildman–Crippen LogP) is 4.33. The Kier molecular flexibility index (Phi) is 6.74. The van der Waals surface area contributed by atoms with E-state index in [0.717, 1.165) is 16.5 Å². The third-order valence-corrected chi connectivity index (χ3v) is 5.23. The number of ether oxygens (including phenoxy) is 2. The lowest BCUT2D eigenvalue weighted by atomic mass is 10.0. The van der Waals surface area contributed by atoms with Crippen molar-refractivity contribution >= 4 is 23.0 Å². The first-order valence-corrected chi connectivity index (χ1v) is 10.0. The summed E-state index contributed by atoms with van der Waals surface area (Å²) in [6.07, 6.45) is -0.390. The molecule has 0 saturated carbocycles. The average molecular weight is 423 g/mol. The molecule has 2 aromatic carbocycles. The molecule has 1 aromatic heterocycles. The molecule has 31 heavy (non-hydrogen) atoms. The van der Waals surface area contributed by atoms with E-state index in [1.54, 1.807) is 32.9 Å². The number of rotatable bonds is 6. The summed E-state index contributed by atoms with van der Waals surface area (Å²) in [5, 5.41) is 3.31. The highest BCUT2D eigenvalue weighted by molar-refractivity contribution is 5.88. The van der Waals surface area contributed by atoms with Crippen LogP contribution in [0.5, 0.6) is 5.75 Å². The Hall–Kier alpha value is -3.61. The highest BCUT2D eigenvalue weighted by Crippen LogP contribution is 2.29. The molecule has 7 heteroatoms. The van der Waals surface area contributed by atoms with Crippen molar-refractivity contribution in [2.45, 2.75) is 46.8 Å². The topological polar surface area (TPSA) is 94.8 Å². The maximum Gasteiger partial charge on any atom is 0.408 e. The van der Waals surface area contributed by atoms with Crippen LogP contribution in [-0.2, 0) is 16.1 Å². The quantitative estimate of drug-likeness (QED) is 0.360. The Balaban J connectivity index is 1.71. The second kappa shape index (κ2) is 9.47. The van der Waals surface area contributed by atoms with Gasteiger partial charge in [-0.15, -0.1) is 0 Å². The zero-order chi connectivity index (χ0) is 22.5. The lowest BCUT2D eigenvalue weighted by Gasteiger charge is -2.17. The Bertz CT molecular complexity index is 1170. The fourth-order valence-electron chi connectivity index (χ4n) is 3.15.